The molecule has 0 radical (unpaired) electrons. The summed E-state index contributed by atoms with van der Waals surface area (Å²) in [5, 5.41) is 3.58. The largest absolute Gasteiger partial charge is 0.338 e. The number of hydrogen-bond acceptors (Lipinski definition) is 2. The summed E-state index contributed by atoms with van der Waals surface area (Å²) in [7, 11) is 0. The molecule has 2 fully saturated rings. The molecule has 1 aliphatic heterocycles. The Hall–Kier alpha value is -2.20. The predicted octanol–water partition coefficient (Wildman–Crippen LogP) is 4.56. The summed E-state index contributed by atoms with van der Waals surface area (Å²) in [5.41, 5.74) is 2.20. The van der Waals surface area contributed by atoms with E-state index in [0.717, 1.165) is 24.0 Å². The number of benzene rings is 2. The first kappa shape index (κ1) is 17.2. The molecule has 1 amide bonds. The van der Waals surface area contributed by atoms with Gasteiger partial charge in [0.05, 0.1) is 12.0 Å². The van der Waals surface area contributed by atoms with Gasteiger partial charge in [-0.3, -0.25) is 4.79 Å². The Kier molecular flexibility index (Phi) is 5.02. The van der Waals surface area contributed by atoms with Gasteiger partial charge < -0.3 is 10.2 Å². The zero-order valence-corrected chi connectivity index (χ0v) is 15.6. The number of rotatable bonds is 3. The number of carbonyl (C=O) groups excluding carboxylic acids is 1. The molecule has 1 heterocycles. The Morgan fingerprint density at radius 2 is 1.42 bits per heavy atom. The molecule has 0 bridgehead atoms. The van der Waals surface area contributed by atoms with E-state index in [-0.39, 0.29) is 17.9 Å². The van der Waals surface area contributed by atoms with Gasteiger partial charge in [-0.2, -0.15) is 0 Å². The average Bonchev–Trinajstić information content (AvgIpc) is 2.69. The van der Waals surface area contributed by atoms with Gasteiger partial charge >= 0.3 is 0 Å². The van der Waals surface area contributed by atoms with Crippen molar-refractivity contribution in [1.29, 1.82) is 0 Å². The smallest absolute Gasteiger partial charge is 0.236 e. The Bertz CT molecular complexity index is 771. The molecule has 2 aliphatic rings. The van der Waals surface area contributed by atoms with Crippen LogP contribution in [0.25, 0.3) is 0 Å². The van der Waals surface area contributed by atoms with Gasteiger partial charge in [-0.15, -0.1) is 0 Å². The van der Waals surface area contributed by atoms with Crippen LogP contribution in [0, 0.1) is 0 Å². The second-order valence-corrected chi connectivity index (χ2v) is 7.62. The Labute approximate surface area is 160 Å². The highest BCUT2D eigenvalue weighted by molar-refractivity contribution is 7.80. The summed E-state index contributed by atoms with van der Waals surface area (Å²) in [6, 6.07) is 20.8. The summed E-state index contributed by atoms with van der Waals surface area (Å²) in [6.45, 7) is 0. The maximum absolute atomic E-state index is 13.0. The summed E-state index contributed by atoms with van der Waals surface area (Å²) < 4.78 is 0. The summed E-state index contributed by atoms with van der Waals surface area (Å²) in [4.78, 5) is 15.3. The summed E-state index contributed by atoms with van der Waals surface area (Å²) in [5.74, 6) is -0.255. The van der Waals surface area contributed by atoms with Crippen molar-refractivity contribution < 1.29 is 4.79 Å². The highest BCUT2D eigenvalue weighted by atomic mass is 32.1. The van der Waals surface area contributed by atoms with Gasteiger partial charge in [0.2, 0.25) is 5.91 Å². The standard InChI is InChI=1S/C22H24N2OS/c25-21-19(16-10-4-1-5-11-16)20(17-12-6-2-7-13-17)24(22(26)23-21)18-14-8-3-9-15-18/h1-2,4-7,10-13,18-20H,3,8-9,14-15H2,(H,23,25,26)/t19-,20+/m1/s1. The van der Waals surface area contributed by atoms with Crippen LogP contribution in [-0.4, -0.2) is 22.0 Å². The first-order valence-electron chi connectivity index (χ1n) is 9.49. The van der Waals surface area contributed by atoms with Crippen LogP contribution in [0.4, 0.5) is 0 Å². The van der Waals surface area contributed by atoms with Crippen molar-refractivity contribution in [3.63, 3.8) is 0 Å². The van der Waals surface area contributed by atoms with Crippen LogP contribution in [0.5, 0.6) is 0 Å². The first-order valence-corrected chi connectivity index (χ1v) is 9.89. The highest BCUT2D eigenvalue weighted by Gasteiger charge is 2.44. The molecule has 1 saturated heterocycles. The Morgan fingerprint density at radius 1 is 0.846 bits per heavy atom. The third-order valence-electron chi connectivity index (χ3n) is 5.63. The molecule has 0 unspecified atom stereocenters. The van der Waals surface area contributed by atoms with Crippen LogP contribution in [-0.2, 0) is 4.79 Å². The molecule has 134 valence electrons. The van der Waals surface area contributed by atoms with Crippen LogP contribution >= 0.6 is 12.2 Å². The van der Waals surface area contributed by atoms with Crippen molar-refractivity contribution in [3.8, 4) is 0 Å². The quantitative estimate of drug-likeness (QED) is 0.810. The minimum absolute atomic E-state index is 0.00196. The van der Waals surface area contributed by atoms with E-state index in [0.29, 0.717) is 11.2 Å². The molecule has 4 rings (SSSR count). The van der Waals surface area contributed by atoms with Gasteiger partial charge in [-0.25, -0.2) is 0 Å². The SMILES string of the molecule is O=C1NC(=S)N(C2CCCCC2)[C@@H](c2ccccc2)[C@H]1c1ccccc1. The Balaban J connectivity index is 1.81. The second-order valence-electron chi connectivity index (χ2n) is 7.24. The van der Waals surface area contributed by atoms with Gasteiger partial charge in [0.1, 0.15) is 0 Å². The Morgan fingerprint density at radius 3 is 2.04 bits per heavy atom. The number of thiocarbonyl (C=S) groups is 1. The van der Waals surface area contributed by atoms with Crippen molar-refractivity contribution in [2.24, 2.45) is 0 Å². The molecule has 2 aromatic carbocycles. The molecule has 1 N–H and O–H groups in total. The van der Waals surface area contributed by atoms with Gasteiger partial charge in [-0.1, -0.05) is 79.9 Å². The lowest BCUT2D eigenvalue weighted by atomic mass is 9.81. The lowest BCUT2D eigenvalue weighted by molar-refractivity contribution is -0.124. The van der Waals surface area contributed by atoms with Crippen LogP contribution in [0.15, 0.2) is 60.7 Å². The van der Waals surface area contributed by atoms with E-state index in [2.05, 4.69) is 22.3 Å². The fourth-order valence-electron chi connectivity index (χ4n) is 4.43. The number of amides is 1. The zero-order valence-electron chi connectivity index (χ0n) is 14.8. The fraction of sp³-hybridized carbons (Fsp3) is 0.364. The van der Waals surface area contributed by atoms with Crippen molar-refractivity contribution in [3.05, 3.63) is 71.8 Å². The van der Waals surface area contributed by atoms with Gasteiger partial charge in [0.25, 0.3) is 0 Å². The van der Waals surface area contributed by atoms with Crippen molar-refractivity contribution in [2.45, 2.75) is 50.1 Å². The van der Waals surface area contributed by atoms with Crippen molar-refractivity contribution in [1.82, 2.24) is 10.2 Å². The molecule has 1 saturated carbocycles. The molecule has 4 heteroatoms. The van der Waals surface area contributed by atoms with E-state index in [1.54, 1.807) is 0 Å². The molecule has 1 aliphatic carbocycles. The molecule has 0 aromatic heterocycles. The molecule has 2 aromatic rings. The van der Waals surface area contributed by atoms with E-state index in [1.165, 1.54) is 19.3 Å². The zero-order chi connectivity index (χ0) is 17.9. The third kappa shape index (κ3) is 3.26. The lowest BCUT2D eigenvalue weighted by Crippen LogP contribution is -2.58. The first-order chi connectivity index (χ1) is 12.8. The molecule has 2 atom stereocenters. The molecular formula is C22H24N2OS. The van der Waals surface area contributed by atoms with Crippen LogP contribution in [0.1, 0.15) is 55.2 Å². The average molecular weight is 365 g/mol. The fourth-order valence-corrected chi connectivity index (χ4v) is 4.79. The predicted molar refractivity (Wildman–Crippen MR) is 108 cm³/mol. The van der Waals surface area contributed by atoms with Crippen LogP contribution in [0.2, 0.25) is 0 Å². The van der Waals surface area contributed by atoms with Crippen molar-refractivity contribution in [2.75, 3.05) is 0 Å². The topological polar surface area (TPSA) is 32.3 Å². The van der Waals surface area contributed by atoms with Gasteiger partial charge in [-0.05, 0) is 36.2 Å². The maximum atomic E-state index is 13.0. The van der Waals surface area contributed by atoms with Crippen LogP contribution < -0.4 is 5.32 Å². The molecule has 0 spiro atoms. The number of nitrogens with zero attached hydrogens (tertiary/aromatic N) is 1. The minimum atomic E-state index is -0.257. The molecule has 3 nitrogen and oxygen atoms in total. The van der Waals surface area contributed by atoms with Crippen molar-refractivity contribution >= 4 is 23.2 Å². The van der Waals surface area contributed by atoms with E-state index >= 15 is 0 Å². The van der Waals surface area contributed by atoms with E-state index in [9.17, 15) is 4.79 Å². The second kappa shape index (κ2) is 7.58. The molecule has 26 heavy (non-hydrogen) atoms. The number of nitrogens with one attached hydrogen (secondary N) is 1. The van der Waals surface area contributed by atoms with Crippen LogP contribution in [0.3, 0.4) is 0 Å². The molecular weight excluding hydrogens is 340 g/mol. The minimum Gasteiger partial charge on any atom is -0.338 e. The summed E-state index contributed by atoms with van der Waals surface area (Å²) >= 11 is 5.66. The third-order valence-corrected chi connectivity index (χ3v) is 5.94. The monoisotopic (exact) mass is 364 g/mol. The van der Waals surface area contributed by atoms with E-state index in [4.69, 9.17) is 12.2 Å². The normalized spacial score (nSPS) is 24.4. The van der Waals surface area contributed by atoms with E-state index in [1.807, 2.05) is 48.5 Å². The lowest BCUT2D eigenvalue weighted by Gasteiger charge is -2.47. The highest BCUT2D eigenvalue weighted by Crippen LogP contribution is 2.42. The van der Waals surface area contributed by atoms with Gasteiger partial charge in [0, 0.05) is 6.04 Å². The van der Waals surface area contributed by atoms with E-state index < -0.39 is 0 Å². The van der Waals surface area contributed by atoms with Gasteiger partial charge in [0.15, 0.2) is 5.11 Å². The number of carbonyl (C=O) groups is 1. The summed E-state index contributed by atoms with van der Waals surface area (Å²) in [6.07, 6.45) is 6.04. The maximum Gasteiger partial charge on any atom is 0.236 e. The number of hydrogen-bond donors (Lipinski definition) is 1.